The van der Waals surface area contributed by atoms with E-state index in [1.54, 1.807) is 19.2 Å². The SMILES string of the molecule is CCNC(=O)[C@@H](C)NC(=O)COC(=O)c1csc(-c2ccc(C)cc2)n1. The number of rotatable bonds is 7. The minimum Gasteiger partial charge on any atom is -0.451 e. The quantitative estimate of drug-likeness (QED) is 0.721. The maximum absolute atomic E-state index is 12.0. The molecule has 0 aliphatic carbocycles. The van der Waals surface area contributed by atoms with Crippen LogP contribution in [-0.4, -0.2) is 42.0 Å². The lowest BCUT2D eigenvalue weighted by Gasteiger charge is -2.13. The summed E-state index contributed by atoms with van der Waals surface area (Å²) in [6.45, 7) is 5.33. The Morgan fingerprint density at radius 3 is 2.58 bits per heavy atom. The summed E-state index contributed by atoms with van der Waals surface area (Å²) in [4.78, 5) is 39.6. The molecule has 2 N–H and O–H groups in total. The molecule has 0 aliphatic rings. The lowest BCUT2D eigenvalue weighted by molar-refractivity contribution is -0.130. The maximum atomic E-state index is 12.0. The zero-order valence-corrected chi connectivity index (χ0v) is 15.7. The molecule has 2 rings (SSSR count). The Balaban J connectivity index is 1.87. The Kier molecular flexibility index (Phi) is 6.85. The minimum atomic E-state index is -0.700. The Hall–Kier alpha value is -2.74. The molecule has 0 unspecified atom stereocenters. The second-order valence-electron chi connectivity index (χ2n) is 5.66. The zero-order valence-electron chi connectivity index (χ0n) is 14.9. The molecule has 0 radical (unpaired) electrons. The topological polar surface area (TPSA) is 97.4 Å². The van der Waals surface area contributed by atoms with Gasteiger partial charge in [0.2, 0.25) is 5.91 Å². The van der Waals surface area contributed by atoms with Crippen LogP contribution in [0.1, 0.15) is 29.9 Å². The summed E-state index contributed by atoms with van der Waals surface area (Å²) >= 11 is 1.33. The number of nitrogens with one attached hydrogen (secondary N) is 2. The fraction of sp³-hybridized carbons (Fsp3) is 0.333. The van der Waals surface area contributed by atoms with Crippen molar-refractivity contribution in [2.45, 2.75) is 26.8 Å². The number of esters is 1. The fourth-order valence-electron chi connectivity index (χ4n) is 2.08. The second-order valence-corrected chi connectivity index (χ2v) is 6.52. The van der Waals surface area contributed by atoms with Crippen molar-refractivity contribution in [1.82, 2.24) is 15.6 Å². The van der Waals surface area contributed by atoms with Crippen LogP contribution in [0.3, 0.4) is 0 Å². The fourth-order valence-corrected chi connectivity index (χ4v) is 2.87. The Labute approximate surface area is 155 Å². The first-order chi connectivity index (χ1) is 12.4. The lowest BCUT2D eigenvalue weighted by Crippen LogP contribution is -2.46. The van der Waals surface area contributed by atoms with E-state index in [0.717, 1.165) is 11.1 Å². The van der Waals surface area contributed by atoms with E-state index in [0.29, 0.717) is 11.6 Å². The van der Waals surface area contributed by atoms with Gasteiger partial charge < -0.3 is 15.4 Å². The van der Waals surface area contributed by atoms with Gasteiger partial charge >= 0.3 is 5.97 Å². The summed E-state index contributed by atoms with van der Waals surface area (Å²) in [6, 6.07) is 7.09. The van der Waals surface area contributed by atoms with Gasteiger partial charge in [0.15, 0.2) is 12.3 Å². The van der Waals surface area contributed by atoms with E-state index in [9.17, 15) is 14.4 Å². The number of carbonyl (C=O) groups is 3. The third-order valence-corrected chi connectivity index (χ3v) is 4.36. The first-order valence-electron chi connectivity index (χ1n) is 8.17. The van der Waals surface area contributed by atoms with Crippen LogP contribution in [-0.2, 0) is 14.3 Å². The molecule has 1 heterocycles. The number of amides is 2. The normalized spacial score (nSPS) is 11.5. The highest BCUT2D eigenvalue weighted by Crippen LogP contribution is 2.24. The highest BCUT2D eigenvalue weighted by Gasteiger charge is 2.18. The minimum absolute atomic E-state index is 0.148. The first kappa shape index (κ1) is 19.6. The van der Waals surface area contributed by atoms with E-state index in [1.165, 1.54) is 11.3 Å². The largest absolute Gasteiger partial charge is 0.451 e. The number of likely N-dealkylation sites (N-methyl/N-ethyl adjacent to an activating group) is 1. The molecule has 1 atom stereocenters. The van der Waals surface area contributed by atoms with E-state index in [-0.39, 0.29) is 11.6 Å². The van der Waals surface area contributed by atoms with Crippen LogP contribution in [0, 0.1) is 6.92 Å². The van der Waals surface area contributed by atoms with E-state index in [1.807, 2.05) is 31.2 Å². The number of carbonyl (C=O) groups excluding carboxylic acids is 3. The summed E-state index contributed by atoms with van der Waals surface area (Å²) in [5.74, 6) is -1.53. The molecular formula is C18H21N3O4S. The highest BCUT2D eigenvalue weighted by molar-refractivity contribution is 7.13. The number of aromatic nitrogens is 1. The van der Waals surface area contributed by atoms with E-state index < -0.39 is 24.5 Å². The predicted octanol–water partition coefficient (Wildman–Crippen LogP) is 1.92. The molecule has 1 aromatic carbocycles. The van der Waals surface area contributed by atoms with Crippen LogP contribution in [0.2, 0.25) is 0 Å². The molecule has 138 valence electrons. The van der Waals surface area contributed by atoms with Gasteiger partial charge in [-0.15, -0.1) is 11.3 Å². The van der Waals surface area contributed by atoms with Gasteiger partial charge in [-0.05, 0) is 20.8 Å². The summed E-state index contributed by atoms with van der Waals surface area (Å²) in [6.07, 6.45) is 0. The van der Waals surface area contributed by atoms with Crippen molar-refractivity contribution in [3.8, 4) is 10.6 Å². The number of aryl methyl sites for hydroxylation is 1. The Morgan fingerprint density at radius 1 is 1.23 bits per heavy atom. The summed E-state index contributed by atoms with van der Waals surface area (Å²) in [5.41, 5.74) is 2.20. The zero-order chi connectivity index (χ0) is 19.1. The van der Waals surface area contributed by atoms with Gasteiger partial charge in [0.05, 0.1) is 0 Å². The summed E-state index contributed by atoms with van der Waals surface area (Å²) < 4.78 is 4.96. The van der Waals surface area contributed by atoms with Crippen molar-refractivity contribution < 1.29 is 19.1 Å². The molecule has 2 aromatic rings. The third-order valence-electron chi connectivity index (χ3n) is 3.47. The van der Waals surface area contributed by atoms with Crippen molar-refractivity contribution in [3.05, 3.63) is 40.9 Å². The number of hydrogen-bond donors (Lipinski definition) is 2. The van der Waals surface area contributed by atoms with Gasteiger partial charge in [-0.3, -0.25) is 9.59 Å². The molecule has 0 spiro atoms. The lowest BCUT2D eigenvalue weighted by atomic mass is 10.2. The van der Waals surface area contributed by atoms with Gasteiger partial charge in [0.25, 0.3) is 5.91 Å². The molecule has 8 heteroatoms. The van der Waals surface area contributed by atoms with Crippen LogP contribution < -0.4 is 10.6 Å². The number of thiazole rings is 1. The van der Waals surface area contributed by atoms with Crippen molar-refractivity contribution in [3.63, 3.8) is 0 Å². The predicted molar refractivity (Wildman–Crippen MR) is 98.9 cm³/mol. The third kappa shape index (κ3) is 5.38. The number of ether oxygens (including phenoxy) is 1. The van der Waals surface area contributed by atoms with Crippen LogP contribution in [0.5, 0.6) is 0 Å². The summed E-state index contributed by atoms with van der Waals surface area (Å²) in [7, 11) is 0. The Bertz CT molecular complexity index is 786. The van der Waals surface area contributed by atoms with Crippen molar-refractivity contribution in [1.29, 1.82) is 0 Å². The first-order valence-corrected chi connectivity index (χ1v) is 9.05. The van der Waals surface area contributed by atoms with Crippen LogP contribution in [0.4, 0.5) is 0 Å². The smallest absolute Gasteiger partial charge is 0.358 e. The molecule has 0 saturated carbocycles. The highest BCUT2D eigenvalue weighted by atomic mass is 32.1. The molecule has 1 aromatic heterocycles. The van der Waals surface area contributed by atoms with Gasteiger partial charge in [0, 0.05) is 17.5 Å². The van der Waals surface area contributed by atoms with Crippen molar-refractivity contribution in [2.24, 2.45) is 0 Å². The standard InChI is InChI=1S/C18H21N3O4S/c1-4-19-16(23)12(3)20-15(22)9-25-18(24)14-10-26-17(21-14)13-7-5-11(2)6-8-13/h5-8,10,12H,4,9H2,1-3H3,(H,19,23)(H,20,22)/t12-/m1/s1. The van der Waals surface area contributed by atoms with Crippen LogP contribution in [0.15, 0.2) is 29.6 Å². The van der Waals surface area contributed by atoms with Gasteiger partial charge in [-0.25, -0.2) is 9.78 Å². The van der Waals surface area contributed by atoms with E-state index >= 15 is 0 Å². The molecule has 2 amide bonds. The second kappa shape index (κ2) is 9.10. The van der Waals surface area contributed by atoms with Crippen molar-refractivity contribution >= 4 is 29.1 Å². The number of hydrogen-bond acceptors (Lipinski definition) is 6. The van der Waals surface area contributed by atoms with Gasteiger partial charge in [-0.2, -0.15) is 0 Å². The summed E-state index contributed by atoms with van der Waals surface area (Å²) in [5, 5.41) is 7.34. The molecule has 26 heavy (non-hydrogen) atoms. The molecule has 7 nitrogen and oxygen atoms in total. The average molecular weight is 375 g/mol. The average Bonchev–Trinajstić information content (AvgIpc) is 3.10. The maximum Gasteiger partial charge on any atom is 0.358 e. The number of benzene rings is 1. The van der Waals surface area contributed by atoms with E-state index in [4.69, 9.17) is 4.74 Å². The molecule has 0 fully saturated rings. The van der Waals surface area contributed by atoms with Crippen molar-refractivity contribution in [2.75, 3.05) is 13.2 Å². The molecule has 0 aliphatic heterocycles. The van der Waals surface area contributed by atoms with Crippen LogP contribution >= 0.6 is 11.3 Å². The molecule has 0 saturated heterocycles. The Morgan fingerprint density at radius 2 is 1.92 bits per heavy atom. The van der Waals surface area contributed by atoms with Crippen LogP contribution in [0.25, 0.3) is 10.6 Å². The van der Waals surface area contributed by atoms with E-state index in [2.05, 4.69) is 15.6 Å². The number of nitrogens with zero attached hydrogens (tertiary/aromatic N) is 1. The van der Waals surface area contributed by atoms with Gasteiger partial charge in [0.1, 0.15) is 11.0 Å². The molecule has 0 bridgehead atoms. The molecular weight excluding hydrogens is 354 g/mol. The monoisotopic (exact) mass is 375 g/mol. The van der Waals surface area contributed by atoms with Gasteiger partial charge in [-0.1, -0.05) is 29.8 Å².